The van der Waals surface area contributed by atoms with Crippen molar-refractivity contribution < 1.29 is 22.5 Å². The number of nitrogens with zero attached hydrogens (tertiary/aromatic N) is 10. The maximum absolute atomic E-state index is 13.3. The van der Waals surface area contributed by atoms with Gasteiger partial charge < -0.3 is 28.2 Å². The fraction of sp³-hybridized carbons (Fsp3) is 0.233. The van der Waals surface area contributed by atoms with E-state index < -0.39 is 11.9 Å². The molecule has 0 unspecified atom stereocenters. The molecule has 6 aromatic heterocycles. The summed E-state index contributed by atoms with van der Waals surface area (Å²) < 4.78 is 55.4. The van der Waals surface area contributed by atoms with Gasteiger partial charge in [-0.2, -0.15) is 32.4 Å². The van der Waals surface area contributed by atoms with Gasteiger partial charge in [0.15, 0.2) is 11.3 Å². The number of nitrogens with two attached hydrogens (primary N) is 2. The van der Waals surface area contributed by atoms with E-state index >= 15 is 0 Å². The first-order valence-electron chi connectivity index (χ1n) is 18.9. The Morgan fingerprint density at radius 3 is 1.63 bits per heavy atom. The minimum absolute atomic E-state index is 0. The number of hydrogen-bond acceptors (Lipinski definition) is 12. The second-order valence-electron chi connectivity index (χ2n) is 15.2. The number of aryl methyl sites for hydroxylation is 3. The Hall–Kier alpha value is -6.31. The quantitative estimate of drug-likeness (QED) is 0.127. The standard InChI is InChI=1S/C18H13F3N6.C13H20BNO2.C11H8BrN5.CH3/c1-10-7-12(8-13(25-10)18(19,20)21)14-15(11-5-3-2-4-6-11)26-17(22)27-16(14)23-9-24-27;1-9-7-11(8-10(2)15-9)14-16-12(3,4)13(5,6)17-14;12-8-9(7-4-2-1-3-5-7)16-11(13)17-10(8)14-6-15-17;/h2-9H,1H3,(H2,22,26);7-8H,1-6H3;1-6H,(H2,13,16);1H3/q;;;-1. The average molecular weight is 909 g/mol. The van der Waals surface area contributed by atoms with E-state index in [2.05, 4.69) is 83.7 Å². The van der Waals surface area contributed by atoms with Gasteiger partial charge in [-0.1, -0.05) is 60.7 Å². The lowest BCUT2D eigenvalue weighted by Gasteiger charge is -2.32. The molecular weight excluding hydrogens is 864 g/mol. The lowest BCUT2D eigenvalue weighted by molar-refractivity contribution is -0.141. The van der Waals surface area contributed by atoms with Crippen LogP contribution >= 0.6 is 15.9 Å². The summed E-state index contributed by atoms with van der Waals surface area (Å²) in [6.07, 6.45) is -1.84. The number of alkyl halides is 3. The molecule has 0 bridgehead atoms. The minimum atomic E-state index is -4.57. The van der Waals surface area contributed by atoms with Crippen molar-refractivity contribution in [2.75, 3.05) is 11.5 Å². The Morgan fingerprint density at radius 2 is 1.10 bits per heavy atom. The molecule has 7 heterocycles. The van der Waals surface area contributed by atoms with Gasteiger partial charge in [-0.05, 0) is 99.7 Å². The van der Waals surface area contributed by atoms with E-state index in [0.29, 0.717) is 39.6 Å². The summed E-state index contributed by atoms with van der Waals surface area (Å²) in [6, 6.07) is 25.5. The molecule has 320 valence electrons. The topological polar surface area (TPSA) is 182 Å². The molecule has 0 radical (unpaired) electrons. The first-order valence-corrected chi connectivity index (χ1v) is 19.7. The van der Waals surface area contributed by atoms with Crippen molar-refractivity contribution in [3.63, 3.8) is 0 Å². The first-order chi connectivity index (χ1) is 28.8. The van der Waals surface area contributed by atoms with Crippen LogP contribution in [0, 0.1) is 28.2 Å². The van der Waals surface area contributed by atoms with Gasteiger partial charge >= 0.3 is 13.3 Å². The van der Waals surface area contributed by atoms with Crippen LogP contribution in [0.2, 0.25) is 0 Å². The van der Waals surface area contributed by atoms with Gasteiger partial charge in [0.1, 0.15) is 18.3 Å². The highest BCUT2D eigenvalue weighted by Crippen LogP contribution is 2.38. The molecule has 0 saturated carbocycles. The average Bonchev–Trinajstić information content (AvgIpc) is 3.95. The molecular formula is C43H44BBrF3N12O2-. The predicted molar refractivity (Wildman–Crippen MR) is 238 cm³/mol. The number of benzene rings is 2. The van der Waals surface area contributed by atoms with Crippen LogP contribution in [0.1, 0.15) is 50.5 Å². The number of rotatable bonds is 4. The van der Waals surface area contributed by atoms with Crippen LogP contribution in [-0.4, -0.2) is 67.5 Å². The lowest BCUT2D eigenvalue weighted by atomic mass is 9.79. The van der Waals surface area contributed by atoms with Gasteiger partial charge in [0.25, 0.3) is 0 Å². The highest BCUT2D eigenvalue weighted by Gasteiger charge is 2.51. The van der Waals surface area contributed by atoms with E-state index in [0.717, 1.165) is 38.6 Å². The van der Waals surface area contributed by atoms with Crippen LogP contribution in [0.25, 0.3) is 44.9 Å². The molecule has 9 rings (SSSR count). The third-order valence-electron chi connectivity index (χ3n) is 10.1. The van der Waals surface area contributed by atoms with Crippen molar-refractivity contribution in [1.29, 1.82) is 0 Å². The van der Waals surface area contributed by atoms with E-state index in [1.807, 2.05) is 74.5 Å². The van der Waals surface area contributed by atoms with Gasteiger partial charge in [0, 0.05) is 28.2 Å². The van der Waals surface area contributed by atoms with E-state index in [9.17, 15) is 13.2 Å². The van der Waals surface area contributed by atoms with Crippen LogP contribution < -0.4 is 16.9 Å². The minimum Gasteiger partial charge on any atom is -0.399 e. The number of nitrogen functional groups attached to an aromatic ring is 2. The van der Waals surface area contributed by atoms with Crippen LogP contribution in [0.5, 0.6) is 0 Å². The zero-order valence-electron chi connectivity index (χ0n) is 35.3. The molecule has 4 N–H and O–H groups in total. The van der Waals surface area contributed by atoms with Crippen molar-refractivity contribution in [3.05, 3.63) is 132 Å². The number of aromatic nitrogens is 10. The normalized spacial score (nSPS) is 14.1. The monoisotopic (exact) mass is 907 g/mol. The van der Waals surface area contributed by atoms with Gasteiger partial charge in [-0.15, -0.1) is 0 Å². The van der Waals surface area contributed by atoms with Crippen molar-refractivity contribution in [3.8, 4) is 33.6 Å². The number of fused-ring (bicyclic) bond motifs is 2. The summed E-state index contributed by atoms with van der Waals surface area (Å²) in [5.41, 5.74) is 18.1. The third-order valence-corrected chi connectivity index (χ3v) is 10.8. The van der Waals surface area contributed by atoms with Crippen molar-refractivity contribution in [2.24, 2.45) is 0 Å². The van der Waals surface area contributed by atoms with Gasteiger partial charge in [0.2, 0.25) is 11.9 Å². The van der Waals surface area contributed by atoms with Gasteiger partial charge in [0.05, 0.1) is 32.6 Å². The second-order valence-corrected chi connectivity index (χ2v) is 16.0. The molecule has 14 nitrogen and oxygen atoms in total. The number of anilines is 2. The van der Waals surface area contributed by atoms with Crippen molar-refractivity contribution in [2.45, 2.75) is 65.8 Å². The van der Waals surface area contributed by atoms with Gasteiger partial charge in [-0.3, -0.25) is 4.98 Å². The van der Waals surface area contributed by atoms with Crippen LogP contribution in [0.4, 0.5) is 25.1 Å². The molecule has 1 aliphatic rings. The fourth-order valence-corrected chi connectivity index (χ4v) is 7.17. The number of halogens is 4. The SMILES string of the molecule is Cc1cc(-c2c(-c3ccccc3)nc(N)n3ncnc23)cc(C(F)(F)F)n1.Cc1cc(B2OC(C)(C)C(C)(C)O2)cc(C)n1.Nc1nc(-c2ccccc2)c(Br)c2ncnn12.[CH3-]. The van der Waals surface area contributed by atoms with E-state index in [1.165, 1.54) is 28.6 Å². The van der Waals surface area contributed by atoms with E-state index in [4.69, 9.17) is 20.8 Å². The number of hydrogen-bond donors (Lipinski definition) is 2. The highest BCUT2D eigenvalue weighted by atomic mass is 79.9. The summed E-state index contributed by atoms with van der Waals surface area (Å²) in [5, 5.41) is 8.01. The molecule has 1 saturated heterocycles. The maximum atomic E-state index is 13.3. The largest absolute Gasteiger partial charge is 0.494 e. The van der Waals surface area contributed by atoms with Crippen molar-refractivity contribution in [1.82, 2.24) is 49.1 Å². The maximum Gasteiger partial charge on any atom is 0.494 e. The Balaban J connectivity index is 0.000000161. The van der Waals surface area contributed by atoms with Gasteiger partial charge in [-0.25, -0.2) is 24.9 Å². The van der Waals surface area contributed by atoms with E-state index in [1.54, 1.807) is 18.2 Å². The molecule has 19 heteroatoms. The second kappa shape index (κ2) is 17.6. The Kier molecular flexibility index (Phi) is 12.8. The summed E-state index contributed by atoms with van der Waals surface area (Å²) >= 11 is 3.49. The molecule has 1 aliphatic heterocycles. The molecule has 1 fully saturated rings. The smallest absolute Gasteiger partial charge is 0.399 e. The van der Waals surface area contributed by atoms with E-state index in [-0.39, 0.29) is 37.4 Å². The van der Waals surface area contributed by atoms with Crippen molar-refractivity contribution >= 4 is 51.7 Å². The molecule has 0 atom stereocenters. The summed E-state index contributed by atoms with van der Waals surface area (Å²) in [7, 11) is -0.291. The summed E-state index contributed by atoms with van der Waals surface area (Å²) in [4.78, 5) is 25.0. The predicted octanol–water partition coefficient (Wildman–Crippen LogP) is 8.35. The third kappa shape index (κ3) is 9.29. The van der Waals surface area contributed by atoms with Crippen LogP contribution in [-0.2, 0) is 15.5 Å². The molecule has 0 aliphatic carbocycles. The number of pyridine rings is 2. The zero-order chi connectivity index (χ0) is 43.9. The van der Waals surface area contributed by atoms with Crippen LogP contribution in [0.15, 0.2) is 102 Å². The molecule has 62 heavy (non-hydrogen) atoms. The summed E-state index contributed by atoms with van der Waals surface area (Å²) in [6.45, 7) is 13.7. The highest BCUT2D eigenvalue weighted by molar-refractivity contribution is 9.10. The Bertz CT molecular complexity index is 2820. The fourth-order valence-electron chi connectivity index (χ4n) is 6.58. The lowest BCUT2D eigenvalue weighted by Crippen LogP contribution is -2.41. The Morgan fingerprint density at radius 1 is 0.629 bits per heavy atom. The zero-order valence-corrected chi connectivity index (χ0v) is 36.9. The Labute approximate surface area is 365 Å². The molecule has 8 aromatic rings. The molecule has 0 spiro atoms. The molecule has 2 aromatic carbocycles. The molecule has 0 amide bonds. The first kappa shape index (κ1) is 45.2. The van der Waals surface area contributed by atoms with Crippen LogP contribution in [0.3, 0.4) is 0 Å². The summed E-state index contributed by atoms with van der Waals surface area (Å²) in [5.74, 6) is 0.409.